The Labute approximate surface area is 68.3 Å². The van der Waals surface area contributed by atoms with Gasteiger partial charge < -0.3 is 5.21 Å². The molecule has 0 aromatic heterocycles. The van der Waals surface area contributed by atoms with Crippen molar-refractivity contribution in [3.05, 3.63) is 0 Å². The van der Waals surface area contributed by atoms with E-state index in [0.717, 1.165) is 24.5 Å². The lowest BCUT2D eigenvalue weighted by Crippen LogP contribution is -1.97. The van der Waals surface area contributed by atoms with E-state index in [2.05, 4.69) is 12.1 Å². The van der Waals surface area contributed by atoms with Gasteiger partial charge in [-0.2, -0.15) is 0 Å². The second-order valence-electron chi connectivity index (χ2n) is 3.37. The predicted molar refractivity (Wildman–Crippen MR) is 46.1 cm³/mol. The molecule has 64 valence electrons. The maximum absolute atomic E-state index is 8.56. The topological polar surface area (TPSA) is 32.6 Å². The molecule has 0 saturated heterocycles. The van der Waals surface area contributed by atoms with Crippen LogP contribution in [0.3, 0.4) is 0 Å². The highest BCUT2D eigenvalue weighted by atomic mass is 16.4. The van der Waals surface area contributed by atoms with Crippen molar-refractivity contribution in [2.75, 3.05) is 0 Å². The van der Waals surface area contributed by atoms with Crippen LogP contribution < -0.4 is 0 Å². The third kappa shape index (κ3) is 2.52. The van der Waals surface area contributed by atoms with Crippen molar-refractivity contribution in [1.82, 2.24) is 0 Å². The van der Waals surface area contributed by atoms with Crippen LogP contribution in [0.4, 0.5) is 0 Å². The first kappa shape index (κ1) is 8.57. The highest BCUT2D eigenvalue weighted by molar-refractivity contribution is 5.84. The van der Waals surface area contributed by atoms with E-state index in [1.165, 1.54) is 25.7 Å². The van der Waals surface area contributed by atoms with Crippen LogP contribution >= 0.6 is 0 Å². The number of hydrogen-bond donors (Lipinski definition) is 1. The Morgan fingerprint density at radius 2 is 2.27 bits per heavy atom. The molecule has 2 nitrogen and oxygen atoms in total. The van der Waals surface area contributed by atoms with Crippen LogP contribution in [-0.2, 0) is 0 Å². The molecule has 1 fully saturated rings. The maximum Gasteiger partial charge on any atom is 0.0570 e. The van der Waals surface area contributed by atoms with E-state index in [4.69, 9.17) is 5.21 Å². The molecule has 0 spiro atoms. The summed E-state index contributed by atoms with van der Waals surface area (Å²) in [5.74, 6) is 0.870. The molecule has 0 aliphatic heterocycles. The van der Waals surface area contributed by atoms with Crippen LogP contribution in [0.5, 0.6) is 0 Å². The maximum atomic E-state index is 8.56. The molecule has 1 saturated carbocycles. The van der Waals surface area contributed by atoms with E-state index < -0.39 is 0 Å². The lowest BCUT2D eigenvalue weighted by molar-refractivity contribution is 0.316. The Bertz CT molecular complexity index is 142. The second kappa shape index (κ2) is 4.37. The molecule has 1 atom stereocenters. The third-order valence-electron chi connectivity index (χ3n) is 2.64. The summed E-state index contributed by atoms with van der Waals surface area (Å²) in [6, 6.07) is 0. The van der Waals surface area contributed by atoms with Gasteiger partial charge in [-0.3, -0.25) is 0 Å². The highest BCUT2D eigenvalue weighted by Gasteiger charge is 2.13. The normalized spacial score (nSPS) is 30.3. The van der Waals surface area contributed by atoms with Gasteiger partial charge in [-0.05, 0) is 31.6 Å². The van der Waals surface area contributed by atoms with E-state index in [9.17, 15) is 0 Å². The van der Waals surface area contributed by atoms with Crippen LogP contribution in [0.1, 0.15) is 45.4 Å². The van der Waals surface area contributed by atoms with Crippen molar-refractivity contribution in [2.45, 2.75) is 45.4 Å². The first-order valence-electron chi connectivity index (χ1n) is 4.56. The quantitative estimate of drug-likeness (QED) is 0.352. The van der Waals surface area contributed by atoms with Crippen LogP contribution in [0.2, 0.25) is 0 Å². The molecule has 1 aliphatic carbocycles. The van der Waals surface area contributed by atoms with E-state index >= 15 is 0 Å². The number of oxime groups is 1. The van der Waals surface area contributed by atoms with E-state index in [0.29, 0.717) is 0 Å². The summed E-state index contributed by atoms with van der Waals surface area (Å²) in [4.78, 5) is 0. The van der Waals surface area contributed by atoms with Gasteiger partial charge in [0.05, 0.1) is 5.71 Å². The summed E-state index contributed by atoms with van der Waals surface area (Å²) >= 11 is 0. The fourth-order valence-electron chi connectivity index (χ4n) is 1.74. The molecule has 0 bridgehead atoms. The molecule has 1 N–H and O–H groups in total. The molecule has 1 aliphatic rings. The minimum atomic E-state index is 0.870. The minimum absolute atomic E-state index is 0.870. The van der Waals surface area contributed by atoms with Gasteiger partial charge in [0.25, 0.3) is 0 Å². The smallest absolute Gasteiger partial charge is 0.0570 e. The van der Waals surface area contributed by atoms with Crippen LogP contribution in [0.25, 0.3) is 0 Å². The standard InChI is InChI=1S/C9H17NO/c1-2-8-4-3-5-9(10-11)7-6-8/h8,11H,2-7H2,1H3. The summed E-state index contributed by atoms with van der Waals surface area (Å²) in [7, 11) is 0. The molecule has 0 aromatic carbocycles. The van der Waals surface area contributed by atoms with E-state index in [-0.39, 0.29) is 0 Å². The van der Waals surface area contributed by atoms with Crippen molar-refractivity contribution in [2.24, 2.45) is 11.1 Å². The van der Waals surface area contributed by atoms with Crippen LogP contribution in [0.15, 0.2) is 5.16 Å². The average molecular weight is 155 g/mol. The van der Waals surface area contributed by atoms with Crippen LogP contribution in [-0.4, -0.2) is 10.9 Å². The molecule has 0 heterocycles. The van der Waals surface area contributed by atoms with E-state index in [1.807, 2.05) is 0 Å². The average Bonchev–Trinajstić information content (AvgIpc) is 2.28. The zero-order chi connectivity index (χ0) is 8.10. The fraction of sp³-hybridized carbons (Fsp3) is 0.889. The molecule has 0 aromatic rings. The zero-order valence-electron chi connectivity index (χ0n) is 7.21. The molecule has 2 heteroatoms. The Hall–Kier alpha value is -0.530. The first-order valence-corrected chi connectivity index (χ1v) is 4.56. The second-order valence-corrected chi connectivity index (χ2v) is 3.37. The van der Waals surface area contributed by atoms with E-state index in [1.54, 1.807) is 0 Å². The van der Waals surface area contributed by atoms with Crippen molar-refractivity contribution < 1.29 is 5.21 Å². The molecule has 11 heavy (non-hydrogen) atoms. The van der Waals surface area contributed by atoms with Gasteiger partial charge in [-0.25, -0.2) is 0 Å². The molecule has 1 unspecified atom stereocenters. The SMILES string of the molecule is CCC1CCCC(=NO)CC1. The van der Waals surface area contributed by atoms with Gasteiger partial charge >= 0.3 is 0 Å². The van der Waals surface area contributed by atoms with Crippen molar-refractivity contribution >= 4 is 5.71 Å². The largest absolute Gasteiger partial charge is 0.411 e. The summed E-state index contributed by atoms with van der Waals surface area (Å²) < 4.78 is 0. The third-order valence-corrected chi connectivity index (χ3v) is 2.64. The molecular formula is C9H17NO. The van der Waals surface area contributed by atoms with Crippen LogP contribution in [0, 0.1) is 5.92 Å². The first-order chi connectivity index (χ1) is 5.36. The van der Waals surface area contributed by atoms with Gasteiger partial charge in [0.15, 0.2) is 0 Å². The highest BCUT2D eigenvalue weighted by Crippen LogP contribution is 2.23. The number of nitrogens with zero attached hydrogens (tertiary/aromatic N) is 1. The molecule has 0 amide bonds. The van der Waals surface area contributed by atoms with Gasteiger partial charge in [-0.15, -0.1) is 0 Å². The fourth-order valence-corrected chi connectivity index (χ4v) is 1.74. The van der Waals surface area contributed by atoms with Gasteiger partial charge in [0.1, 0.15) is 0 Å². The minimum Gasteiger partial charge on any atom is -0.411 e. The Balaban J connectivity index is 2.39. The Kier molecular flexibility index (Phi) is 3.40. The lowest BCUT2D eigenvalue weighted by atomic mass is 9.98. The molecule has 0 radical (unpaired) electrons. The van der Waals surface area contributed by atoms with Crippen molar-refractivity contribution in [3.63, 3.8) is 0 Å². The zero-order valence-corrected chi connectivity index (χ0v) is 7.21. The molecule has 1 rings (SSSR count). The summed E-state index contributed by atoms with van der Waals surface area (Å²) in [6.07, 6.45) is 7.03. The number of rotatable bonds is 1. The monoisotopic (exact) mass is 155 g/mol. The summed E-state index contributed by atoms with van der Waals surface area (Å²) in [6.45, 7) is 2.24. The van der Waals surface area contributed by atoms with Gasteiger partial charge in [-0.1, -0.05) is 24.9 Å². The Morgan fingerprint density at radius 1 is 1.45 bits per heavy atom. The van der Waals surface area contributed by atoms with Crippen molar-refractivity contribution in [3.8, 4) is 0 Å². The van der Waals surface area contributed by atoms with Gasteiger partial charge in [0.2, 0.25) is 0 Å². The lowest BCUT2D eigenvalue weighted by Gasteiger charge is -2.08. The summed E-state index contributed by atoms with van der Waals surface area (Å²) in [5.41, 5.74) is 1.00. The van der Waals surface area contributed by atoms with Crippen molar-refractivity contribution in [1.29, 1.82) is 0 Å². The number of hydrogen-bond acceptors (Lipinski definition) is 2. The van der Waals surface area contributed by atoms with Gasteiger partial charge in [0, 0.05) is 0 Å². The Morgan fingerprint density at radius 3 is 2.91 bits per heavy atom. The predicted octanol–water partition coefficient (Wildman–Crippen LogP) is 2.81. The molecular weight excluding hydrogens is 138 g/mol. The summed E-state index contributed by atoms with van der Waals surface area (Å²) in [5, 5.41) is 11.9.